The molecule has 1 N–H and O–H groups in total. The van der Waals surface area contributed by atoms with Crippen LogP contribution in [0.25, 0.3) is 10.8 Å². The standard InChI is InChI=1S/C18H17N3O4S/c1-21(9-12-4-5-14-15(7-12)25-11-24-14)18(22)19-8-13-10-23-17(20-13)16-3-2-6-26-16/h2-7,10H,8-9,11H2,1H3,(H,19,22). The SMILES string of the molecule is CN(Cc1ccc2c(c1)OCO2)C(=O)NCc1coc(-c2cccs2)n1. The zero-order valence-electron chi connectivity index (χ0n) is 14.1. The Hall–Kier alpha value is -3.00. The first-order chi connectivity index (χ1) is 12.7. The first-order valence-corrected chi connectivity index (χ1v) is 8.93. The van der Waals surface area contributed by atoms with Crippen molar-refractivity contribution in [1.29, 1.82) is 0 Å². The minimum absolute atomic E-state index is 0.191. The number of oxazole rings is 1. The van der Waals surface area contributed by atoms with Crippen LogP contribution >= 0.6 is 11.3 Å². The smallest absolute Gasteiger partial charge is 0.317 e. The molecule has 8 heteroatoms. The number of hydrogen-bond acceptors (Lipinski definition) is 6. The molecule has 1 aromatic carbocycles. The molecule has 4 rings (SSSR count). The predicted molar refractivity (Wildman–Crippen MR) is 96.1 cm³/mol. The summed E-state index contributed by atoms with van der Waals surface area (Å²) in [5.41, 5.74) is 1.64. The minimum Gasteiger partial charge on any atom is -0.454 e. The molecule has 0 spiro atoms. The van der Waals surface area contributed by atoms with E-state index in [2.05, 4.69) is 10.3 Å². The van der Waals surface area contributed by atoms with Gasteiger partial charge in [-0.05, 0) is 29.1 Å². The molecule has 2 amide bonds. The lowest BCUT2D eigenvalue weighted by Gasteiger charge is -2.17. The van der Waals surface area contributed by atoms with Gasteiger partial charge in [-0.2, -0.15) is 0 Å². The monoisotopic (exact) mass is 371 g/mol. The first kappa shape index (κ1) is 16.5. The van der Waals surface area contributed by atoms with Crippen molar-refractivity contribution in [3.63, 3.8) is 0 Å². The van der Waals surface area contributed by atoms with E-state index in [1.165, 1.54) is 0 Å². The molecule has 0 radical (unpaired) electrons. The van der Waals surface area contributed by atoms with E-state index in [4.69, 9.17) is 13.9 Å². The summed E-state index contributed by atoms with van der Waals surface area (Å²) in [7, 11) is 1.74. The Bertz CT molecular complexity index is 907. The quantitative estimate of drug-likeness (QED) is 0.743. The molecule has 1 aliphatic heterocycles. The van der Waals surface area contributed by atoms with Gasteiger partial charge < -0.3 is 24.1 Å². The molecule has 134 valence electrons. The zero-order valence-corrected chi connectivity index (χ0v) is 14.9. The number of carbonyl (C=O) groups is 1. The van der Waals surface area contributed by atoms with E-state index in [9.17, 15) is 4.79 Å². The van der Waals surface area contributed by atoms with Gasteiger partial charge in [0.25, 0.3) is 0 Å². The highest BCUT2D eigenvalue weighted by atomic mass is 32.1. The summed E-state index contributed by atoms with van der Waals surface area (Å²) in [5.74, 6) is 2.01. The Labute approximate surface area is 154 Å². The van der Waals surface area contributed by atoms with Gasteiger partial charge in [-0.15, -0.1) is 11.3 Å². The molecule has 0 saturated carbocycles. The van der Waals surface area contributed by atoms with Crippen LogP contribution < -0.4 is 14.8 Å². The number of aromatic nitrogens is 1. The largest absolute Gasteiger partial charge is 0.454 e. The molecule has 26 heavy (non-hydrogen) atoms. The maximum absolute atomic E-state index is 12.3. The fourth-order valence-electron chi connectivity index (χ4n) is 2.59. The highest BCUT2D eigenvalue weighted by Gasteiger charge is 2.16. The topological polar surface area (TPSA) is 76.8 Å². The van der Waals surface area contributed by atoms with Crippen LogP contribution in [0.1, 0.15) is 11.3 Å². The molecule has 0 bridgehead atoms. The summed E-state index contributed by atoms with van der Waals surface area (Å²) >= 11 is 1.56. The van der Waals surface area contributed by atoms with Gasteiger partial charge in [-0.25, -0.2) is 9.78 Å². The van der Waals surface area contributed by atoms with Crippen molar-refractivity contribution < 1.29 is 18.7 Å². The van der Waals surface area contributed by atoms with E-state index in [0.29, 0.717) is 30.4 Å². The van der Waals surface area contributed by atoms with E-state index in [-0.39, 0.29) is 12.8 Å². The molecule has 7 nitrogen and oxygen atoms in total. The maximum Gasteiger partial charge on any atom is 0.317 e. The first-order valence-electron chi connectivity index (χ1n) is 8.05. The summed E-state index contributed by atoms with van der Waals surface area (Å²) in [4.78, 5) is 19.2. The van der Waals surface area contributed by atoms with E-state index in [1.54, 1.807) is 29.5 Å². The second-order valence-corrected chi connectivity index (χ2v) is 6.77. The van der Waals surface area contributed by atoms with Crippen LogP contribution in [0.4, 0.5) is 4.79 Å². The van der Waals surface area contributed by atoms with Gasteiger partial charge in [0.1, 0.15) is 6.26 Å². The Balaban J connectivity index is 1.32. The second-order valence-electron chi connectivity index (χ2n) is 5.82. The van der Waals surface area contributed by atoms with Gasteiger partial charge in [-0.1, -0.05) is 12.1 Å². The van der Waals surface area contributed by atoms with Crippen molar-refractivity contribution in [3.05, 3.63) is 53.2 Å². The molecule has 3 aromatic rings. The second kappa shape index (κ2) is 7.09. The fourth-order valence-corrected chi connectivity index (χ4v) is 3.24. The molecule has 1 aliphatic rings. The molecule has 2 aromatic heterocycles. The van der Waals surface area contributed by atoms with Gasteiger partial charge >= 0.3 is 6.03 Å². The third kappa shape index (κ3) is 3.50. The molecule has 0 saturated heterocycles. The summed E-state index contributed by atoms with van der Waals surface area (Å²) < 4.78 is 16.1. The molecule has 0 aliphatic carbocycles. The normalized spacial score (nSPS) is 12.2. The van der Waals surface area contributed by atoms with Gasteiger partial charge in [-0.3, -0.25) is 0 Å². The summed E-state index contributed by atoms with van der Waals surface area (Å²) in [6.07, 6.45) is 1.56. The zero-order chi connectivity index (χ0) is 17.9. The van der Waals surface area contributed by atoms with E-state index in [0.717, 1.165) is 16.2 Å². The minimum atomic E-state index is -0.191. The molecule has 3 heterocycles. The van der Waals surface area contributed by atoms with Crippen molar-refractivity contribution in [2.24, 2.45) is 0 Å². The number of benzene rings is 1. The number of nitrogens with zero attached hydrogens (tertiary/aromatic N) is 2. The summed E-state index contributed by atoms with van der Waals surface area (Å²) in [5, 5.41) is 4.81. The van der Waals surface area contributed by atoms with Gasteiger partial charge in [0, 0.05) is 13.6 Å². The Morgan fingerprint density at radius 3 is 3.04 bits per heavy atom. The highest BCUT2D eigenvalue weighted by Crippen LogP contribution is 2.32. The molecule has 0 atom stereocenters. The van der Waals surface area contributed by atoms with E-state index < -0.39 is 0 Å². The molecule has 0 unspecified atom stereocenters. The Kier molecular flexibility index (Phi) is 4.49. The number of urea groups is 1. The molecule has 0 fully saturated rings. The van der Waals surface area contributed by atoms with Crippen molar-refractivity contribution in [3.8, 4) is 22.3 Å². The summed E-state index contributed by atoms with van der Waals surface area (Å²) in [6, 6.07) is 9.35. The lowest BCUT2D eigenvalue weighted by molar-refractivity contribution is 0.174. The van der Waals surface area contributed by atoms with Gasteiger partial charge in [0.15, 0.2) is 11.5 Å². The summed E-state index contributed by atoms with van der Waals surface area (Å²) in [6.45, 7) is 1.00. The number of fused-ring (bicyclic) bond motifs is 1. The Morgan fingerprint density at radius 2 is 2.19 bits per heavy atom. The van der Waals surface area contributed by atoms with Crippen LogP contribution in [-0.4, -0.2) is 29.8 Å². The fraction of sp³-hybridized carbons (Fsp3) is 0.222. The van der Waals surface area contributed by atoms with Gasteiger partial charge in [0.05, 0.1) is 17.1 Å². The van der Waals surface area contributed by atoms with Crippen molar-refractivity contribution in [2.75, 3.05) is 13.8 Å². The van der Waals surface area contributed by atoms with Crippen molar-refractivity contribution >= 4 is 17.4 Å². The third-order valence-corrected chi connectivity index (χ3v) is 4.77. The number of rotatable bonds is 5. The average Bonchev–Trinajstić information content (AvgIpc) is 3.39. The molecular weight excluding hydrogens is 354 g/mol. The number of carbonyl (C=O) groups excluding carboxylic acids is 1. The maximum atomic E-state index is 12.3. The van der Waals surface area contributed by atoms with E-state index in [1.807, 2.05) is 35.7 Å². The van der Waals surface area contributed by atoms with Crippen molar-refractivity contribution in [2.45, 2.75) is 13.1 Å². The van der Waals surface area contributed by atoms with Crippen LogP contribution in [-0.2, 0) is 13.1 Å². The number of nitrogens with one attached hydrogen (secondary N) is 1. The lowest BCUT2D eigenvalue weighted by Crippen LogP contribution is -2.36. The van der Waals surface area contributed by atoms with Crippen LogP contribution in [0.5, 0.6) is 11.5 Å². The average molecular weight is 371 g/mol. The number of amides is 2. The van der Waals surface area contributed by atoms with Gasteiger partial charge in [0.2, 0.25) is 12.7 Å². The number of hydrogen-bond donors (Lipinski definition) is 1. The number of ether oxygens (including phenoxy) is 2. The highest BCUT2D eigenvalue weighted by molar-refractivity contribution is 7.13. The molecular formula is C18H17N3O4S. The lowest BCUT2D eigenvalue weighted by atomic mass is 10.2. The van der Waals surface area contributed by atoms with Crippen LogP contribution in [0, 0.1) is 0 Å². The number of thiophene rings is 1. The van der Waals surface area contributed by atoms with Crippen LogP contribution in [0.2, 0.25) is 0 Å². The van der Waals surface area contributed by atoms with Crippen LogP contribution in [0.3, 0.4) is 0 Å². The van der Waals surface area contributed by atoms with Crippen LogP contribution in [0.15, 0.2) is 46.4 Å². The predicted octanol–water partition coefficient (Wildman–Crippen LogP) is 3.47. The Morgan fingerprint density at radius 1 is 1.31 bits per heavy atom. The third-order valence-electron chi connectivity index (χ3n) is 3.91. The van der Waals surface area contributed by atoms with Crippen molar-refractivity contribution in [1.82, 2.24) is 15.2 Å². The van der Waals surface area contributed by atoms with E-state index >= 15 is 0 Å².